The van der Waals surface area contributed by atoms with Gasteiger partial charge in [0.15, 0.2) is 6.10 Å². The quantitative estimate of drug-likeness (QED) is 0.714. The highest BCUT2D eigenvalue weighted by Crippen LogP contribution is 2.70. The van der Waals surface area contributed by atoms with E-state index < -0.39 is 0 Å². The number of hydrogen-bond acceptors (Lipinski definition) is 5. The first kappa shape index (κ1) is 17.8. The van der Waals surface area contributed by atoms with Crippen molar-refractivity contribution in [2.45, 2.75) is 58.0 Å². The molecule has 1 heterocycles. The standard InChI is InChI=1S/C23H27NO4/c1-14(25)27-20-13-21-23(10-11-24-28-21)19-7-4-15-12-16(26-3)5-6-17(15)18(19)8-9-22(20,23)2/h5-6,11-13,18-19,21H,4,7-10H2,1-3H3/t18-,19-,21-,22-,23+/m1/s1. The van der Waals surface area contributed by atoms with E-state index in [4.69, 9.17) is 14.3 Å². The van der Waals surface area contributed by atoms with Gasteiger partial charge >= 0.3 is 5.97 Å². The van der Waals surface area contributed by atoms with Gasteiger partial charge in [0.25, 0.3) is 0 Å². The molecule has 0 radical (unpaired) electrons. The Kier molecular flexibility index (Phi) is 3.87. The third-order valence-corrected chi connectivity index (χ3v) is 7.89. The van der Waals surface area contributed by atoms with Crippen molar-refractivity contribution in [1.29, 1.82) is 0 Å². The van der Waals surface area contributed by atoms with Gasteiger partial charge in [0.2, 0.25) is 0 Å². The zero-order chi connectivity index (χ0) is 19.5. The van der Waals surface area contributed by atoms with E-state index in [9.17, 15) is 4.79 Å². The molecule has 1 spiro atoms. The van der Waals surface area contributed by atoms with Gasteiger partial charge in [-0.3, -0.25) is 4.79 Å². The van der Waals surface area contributed by atoms with Gasteiger partial charge in [0.1, 0.15) is 11.5 Å². The molecule has 1 aliphatic heterocycles. The normalized spacial score (nSPS) is 37.5. The van der Waals surface area contributed by atoms with Crippen LogP contribution in [0, 0.1) is 16.7 Å². The molecule has 28 heavy (non-hydrogen) atoms. The van der Waals surface area contributed by atoms with Crippen LogP contribution in [-0.2, 0) is 20.8 Å². The largest absolute Gasteiger partial charge is 0.497 e. The van der Waals surface area contributed by atoms with E-state index >= 15 is 0 Å². The fraction of sp³-hybridized carbons (Fsp3) is 0.565. The van der Waals surface area contributed by atoms with E-state index in [1.165, 1.54) is 18.1 Å². The Morgan fingerprint density at radius 3 is 2.96 bits per heavy atom. The first-order valence-electron chi connectivity index (χ1n) is 10.2. The van der Waals surface area contributed by atoms with E-state index in [0.29, 0.717) is 11.8 Å². The number of fused-ring (bicyclic) bond motifs is 3. The van der Waals surface area contributed by atoms with E-state index in [1.54, 1.807) is 7.11 Å². The highest BCUT2D eigenvalue weighted by Gasteiger charge is 2.68. The second-order valence-corrected chi connectivity index (χ2v) is 8.87. The number of methoxy groups -OCH3 is 1. The predicted molar refractivity (Wildman–Crippen MR) is 105 cm³/mol. The van der Waals surface area contributed by atoms with Crippen molar-refractivity contribution in [1.82, 2.24) is 0 Å². The van der Waals surface area contributed by atoms with Crippen LogP contribution in [0.3, 0.4) is 0 Å². The molecule has 0 amide bonds. The molecule has 5 nitrogen and oxygen atoms in total. The Balaban J connectivity index is 1.59. The fourth-order valence-corrected chi connectivity index (χ4v) is 6.64. The highest BCUT2D eigenvalue weighted by atomic mass is 16.6. The van der Waals surface area contributed by atoms with Crippen molar-refractivity contribution < 1.29 is 19.1 Å². The van der Waals surface area contributed by atoms with Crippen LogP contribution >= 0.6 is 0 Å². The molecule has 1 aromatic carbocycles. The van der Waals surface area contributed by atoms with Gasteiger partial charge in [-0.2, -0.15) is 0 Å². The number of carbonyl (C=O) groups is 1. The molecule has 5 atom stereocenters. The van der Waals surface area contributed by atoms with E-state index in [0.717, 1.165) is 43.6 Å². The molecule has 0 aromatic heterocycles. The molecule has 148 valence electrons. The molecule has 3 aliphatic carbocycles. The summed E-state index contributed by atoms with van der Waals surface area (Å²) in [6.45, 7) is 3.75. The van der Waals surface area contributed by atoms with E-state index in [1.807, 2.05) is 12.3 Å². The zero-order valence-electron chi connectivity index (χ0n) is 16.7. The van der Waals surface area contributed by atoms with Crippen LogP contribution in [0.15, 0.2) is 35.2 Å². The summed E-state index contributed by atoms with van der Waals surface area (Å²) in [5.74, 6) is 2.42. The van der Waals surface area contributed by atoms with Crippen molar-refractivity contribution in [3.63, 3.8) is 0 Å². The third kappa shape index (κ3) is 2.19. The lowest BCUT2D eigenvalue weighted by atomic mass is 9.45. The number of benzene rings is 1. The van der Waals surface area contributed by atoms with Crippen molar-refractivity contribution in [2.75, 3.05) is 7.11 Å². The maximum atomic E-state index is 11.8. The smallest absolute Gasteiger partial charge is 0.307 e. The van der Waals surface area contributed by atoms with Crippen LogP contribution in [-0.4, -0.2) is 25.4 Å². The molecular formula is C23H27NO4. The zero-order valence-corrected chi connectivity index (χ0v) is 16.7. The molecule has 4 aliphatic rings. The Hall–Kier alpha value is -2.30. The number of hydrogen-bond donors (Lipinski definition) is 0. The van der Waals surface area contributed by atoms with Gasteiger partial charge in [-0.1, -0.05) is 18.1 Å². The van der Waals surface area contributed by atoms with Gasteiger partial charge in [-0.15, -0.1) is 0 Å². The SMILES string of the molecule is COc1ccc2c(c1)CC[C@@H]1[C@@H]2CC[C@]2(C)C(OC(C)=O)=C[C@H]3ON=CC[C@]132. The number of rotatable bonds is 2. The lowest BCUT2D eigenvalue weighted by Crippen LogP contribution is -2.57. The maximum absolute atomic E-state index is 11.8. The van der Waals surface area contributed by atoms with Crippen molar-refractivity contribution in [3.05, 3.63) is 41.2 Å². The molecule has 1 saturated carbocycles. The van der Waals surface area contributed by atoms with Crippen LogP contribution in [0.4, 0.5) is 0 Å². The van der Waals surface area contributed by atoms with Crippen LogP contribution in [0.5, 0.6) is 5.75 Å². The maximum Gasteiger partial charge on any atom is 0.307 e. The third-order valence-electron chi connectivity index (χ3n) is 7.89. The molecule has 0 unspecified atom stereocenters. The Bertz CT molecular complexity index is 891. The van der Waals surface area contributed by atoms with E-state index in [2.05, 4.69) is 30.3 Å². The number of aryl methyl sites for hydroxylation is 1. The topological polar surface area (TPSA) is 57.1 Å². The lowest BCUT2D eigenvalue weighted by molar-refractivity contribution is -0.151. The summed E-state index contributed by atoms with van der Waals surface area (Å²) < 4.78 is 11.2. The van der Waals surface area contributed by atoms with Crippen LogP contribution in [0.1, 0.15) is 56.6 Å². The monoisotopic (exact) mass is 381 g/mol. The van der Waals surface area contributed by atoms with Gasteiger partial charge in [-0.05, 0) is 73.3 Å². The summed E-state index contributed by atoms with van der Waals surface area (Å²) in [5.41, 5.74) is 2.55. The van der Waals surface area contributed by atoms with Crippen molar-refractivity contribution >= 4 is 12.2 Å². The summed E-state index contributed by atoms with van der Waals surface area (Å²) in [6.07, 6.45) is 8.89. The highest BCUT2D eigenvalue weighted by molar-refractivity contribution is 5.68. The minimum Gasteiger partial charge on any atom is -0.497 e. The molecule has 1 aromatic rings. The van der Waals surface area contributed by atoms with E-state index in [-0.39, 0.29) is 22.9 Å². The Labute approximate surface area is 165 Å². The second kappa shape index (κ2) is 6.10. The summed E-state index contributed by atoms with van der Waals surface area (Å²) in [7, 11) is 1.72. The average Bonchev–Trinajstić information content (AvgIpc) is 2.95. The number of ether oxygens (including phenoxy) is 2. The van der Waals surface area contributed by atoms with Crippen molar-refractivity contribution in [2.24, 2.45) is 21.9 Å². The number of carbonyl (C=O) groups excluding carboxylic acids is 1. The van der Waals surface area contributed by atoms with Crippen LogP contribution in [0.25, 0.3) is 0 Å². The Morgan fingerprint density at radius 2 is 2.18 bits per heavy atom. The average molecular weight is 381 g/mol. The van der Waals surface area contributed by atoms with Gasteiger partial charge in [0, 0.05) is 24.0 Å². The predicted octanol–water partition coefficient (Wildman–Crippen LogP) is 4.36. The summed E-state index contributed by atoms with van der Waals surface area (Å²) in [4.78, 5) is 17.7. The minimum atomic E-state index is -0.259. The van der Waals surface area contributed by atoms with Crippen LogP contribution < -0.4 is 4.74 Å². The number of esters is 1. The first-order valence-corrected chi connectivity index (χ1v) is 10.2. The molecule has 0 saturated heterocycles. The molecule has 0 bridgehead atoms. The van der Waals surface area contributed by atoms with Gasteiger partial charge in [0.05, 0.1) is 7.11 Å². The molecule has 5 heteroatoms. The summed E-state index contributed by atoms with van der Waals surface area (Å²) >= 11 is 0. The molecule has 1 fully saturated rings. The first-order chi connectivity index (χ1) is 13.5. The summed E-state index contributed by atoms with van der Waals surface area (Å²) in [5, 5.41) is 4.13. The molecule has 0 N–H and O–H groups in total. The molecular weight excluding hydrogens is 354 g/mol. The van der Waals surface area contributed by atoms with Crippen molar-refractivity contribution in [3.8, 4) is 5.75 Å². The number of nitrogens with zero attached hydrogens (tertiary/aromatic N) is 1. The van der Waals surface area contributed by atoms with Gasteiger partial charge < -0.3 is 14.3 Å². The fourth-order valence-electron chi connectivity index (χ4n) is 6.64. The summed E-state index contributed by atoms with van der Waals surface area (Å²) in [6, 6.07) is 6.54. The lowest BCUT2D eigenvalue weighted by Gasteiger charge is -2.59. The van der Waals surface area contributed by atoms with Crippen LogP contribution in [0.2, 0.25) is 0 Å². The number of oxime groups is 1. The molecule has 5 rings (SSSR count). The number of allylic oxidation sites excluding steroid dienone is 1. The second-order valence-electron chi connectivity index (χ2n) is 8.87. The Morgan fingerprint density at radius 1 is 1.32 bits per heavy atom. The minimum absolute atomic E-state index is 0.111. The van der Waals surface area contributed by atoms with Gasteiger partial charge in [-0.25, -0.2) is 0 Å².